The lowest BCUT2D eigenvalue weighted by Crippen LogP contribution is -2.52. The summed E-state index contributed by atoms with van der Waals surface area (Å²) in [5.41, 5.74) is 0.565. The second kappa shape index (κ2) is 15.8. The van der Waals surface area contributed by atoms with E-state index in [0.29, 0.717) is 46.5 Å². The summed E-state index contributed by atoms with van der Waals surface area (Å²) in [7, 11) is 1.45. The highest BCUT2D eigenvalue weighted by atomic mass is 19.4. The third-order valence-corrected chi connectivity index (χ3v) is 10.1. The first-order chi connectivity index (χ1) is 26.3. The molecule has 1 fully saturated rings. The molecule has 1 atom stereocenters. The number of hydrogen-bond donors (Lipinski definition) is 1. The maximum Gasteiger partial charge on any atom is 0.416 e. The van der Waals surface area contributed by atoms with Crippen LogP contribution >= 0.6 is 0 Å². The van der Waals surface area contributed by atoms with E-state index in [1.807, 2.05) is 0 Å². The van der Waals surface area contributed by atoms with Crippen LogP contribution < -0.4 is 5.32 Å². The zero-order chi connectivity index (χ0) is 39.5. The van der Waals surface area contributed by atoms with Crippen LogP contribution in [0.15, 0.2) is 84.9 Å². The van der Waals surface area contributed by atoms with E-state index >= 15 is 0 Å². The van der Waals surface area contributed by atoms with Gasteiger partial charge in [0.2, 0.25) is 5.54 Å². The number of amides is 3. The smallest absolute Gasteiger partial charge is 0.416 e. The van der Waals surface area contributed by atoms with Gasteiger partial charge in [-0.1, -0.05) is 48.5 Å². The maximum absolute atomic E-state index is 14.0. The molecule has 3 amide bonds. The molecule has 0 aromatic heterocycles. The molecular formula is C42H40F3N3O7. The van der Waals surface area contributed by atoms with Crippen molar-refractivity contribution in [1.82, 2.24) is 9.80 Å². The van der Waals surface area contributed by atoms with Crippen molar-refractivity contribution in [2.45, 2.75) is 51.2 Å². The van der Waals surface area contributed by atoms with Crippen LogP contribution in [0.2, 0.25) is 0 Å². The largest absolute Gasteiger partial charge is 0.464 e. The maximum atomic E-state index is 14.0. The minimum Gasteiger partial charge on any atom is -0.464 e. The molecule has 2 heterocycles. The molecule has 4 aromatic carbocycles. The minimum absolute atomic E-state index is 0.0374. The van der Waals surface area contributed by atoms with Gasteiger partial charge in [-0.3, -0.25) is 19.2 Å². The third kappa shape index (κ3) is 7.69. The number of piperidine rings is 1. The minimum atomic E-state index is -4.52. The van der Waals surface area contributed by atoms with E-state index < -0.39 is 47.6 Å². The number of nitrogens with zero attached hydrogens (tertiary/aromatic N) is 2. The molecule has 2 aliphatic heterocycles. The number of nitrogens with one attached hydrogen (secondary N) is 1. The topological polar surface area (TPSA) is 122 Å². The lowest BCUT2D eigenvalue weighted by Gasteiger charge is -2.33. The van der Waals surface area contributed by atoms with E-state index in [0.717, 1.165) is 31.4 Å². The van der Waals surface area contributed by atoms with E-state index in [1.54, 1.807) is 67.3 Å². The van der Waals surface area contributed by atoms with Crippen molar-refractivity contribution in [3.05, 3.63) is 124 Å². The van der Waals surface area contributed by atoms with E-state index in [9.17, 15) is 37.1 Å². The van der Waals surface area contributed by atoms with Crippen LogP contribution in [0.25, 0.3) is 11.1 Å². The zero-order valence-electron chi connectivity index (χ0n) is 30.6. The van der Waals surface area contributed by atoms with Gasteiger partial charge in [0, 0.05) is 36.8 Å². The number of carbonyl (C=O) groups is 5. The van der Waals surface area contributed by atoms with Gasteiger partial charge >= 0.3 is 18.1 Å². The lowest BCUT2D eigenvalue weighted by atomic mass is 9.90. The summed E-state index contributed by atoms with van der Waals surface area (Å²) in [5, 5.41) is 2.84. The van der Waals surface area contributed by atoms with Crippen molar-refractivity contribution < 1.29 is 46.6 Å². The number of likely N-dealkylation sites (N-methyl/N-ethyl adjacent to an activating group) is 1. The highest BCUT2D eigenvalue weighted by molar-refractivity contribution is 6.12. The van der Waals surface area contributed by atoms with E-state index in [1.165, 1.54) is 36.2 Å². The number of alkyl halides is 3. The lowest BCUT2D eigenvalue weighted by molar-refractivity contribution is -0.164. The molecular weight excluding hydrogens is 715 g/mol. The third-order valence-electron chi connectivity index (χ3n) is 10.1. The normalized spacial score (nSPS) is 16.7. The number of ether oxygens (including phenoxy) is 2. The average molecular weight is 756 g/mol. The molecule has 1 saturated heterocycles. The number of carbonyl (C=O) groups excluding carboxylic acids is 5. The Morgan fingerprint density at radius 3 is 2.25 bits per heavy atom. The predicted octanol–water partition coefficient (Wildman–Crippen LogP) is 7.19. The molecule has 2 aliphatic rings. The Kier molecular flexibility index (Phi) is 11.1. The van der Waals surface area contributed by atoms with E-state index in [2.05, 4.69) is 5.32 Å². The van der Waals surface area contributed by atoms with Crippen molar-refractivity contribution in [3.8, 4) is 11.1 Å². The summed E-state index contributed by atoms with van der Waals surface area (Å²) in [4.78, 5) is 70.7. The van der Waals surface area contributed by atoms with Gasteiger partial charge in [-0.25, -0.2) is 4.79 Å². The van der Waals surface area contributed by atoms with Gasteiger partial charge < -0.3 is 24.6 Å². The number of aryl methyl sites for hydroxylation is 1. The molecule has 4 aromatic rings. The monoisotopic (exact) mass is 755 g/mol. The number of likely N-dealkylation sites (tertiary alicyclic amines) is 1. The Morgan fingerprint density at radius 2 is 1.56 bits per heavy atom. The Hall–Kier alpha value is -5.98. The van der Waals surface area contributed by atoms with Gasteiger partial charge in [-0.05, 0) is 91.8 Å². The van der Waals surface area contributed by atoms with Gasteiger partial charge in [0.1, 0.15) is 6.61 Å². The van der Waals surface area contributed by atoms with Crippen LogP contribution in [0.4, 0.5) is 18.9 Å². The Morgan fingerprint density at radius 1 is 0.855 bits per heavy atom. The fourth-order valence-electron chi connectivity index (χ4n) is 7.21. The van der Waals surface area contributed by atoms with Crippen molar-refractivity contribution in [2.24, 2.45) is 0 Å². The molecule has 0 aliphatic carbocycles. The molecule has 13 heteroatoms. The van der Waals surface area contributed by atoms with Gasteiger partial charge in [0.15, 0.2) is 0 Å². The van der Waals surface area contributed by atoms with E-state index in [-0.39, 0.29) is 35.7 Å². The Balaban J connectivity index is 1.27. The highest BCUT2D eigenvalue weighted by Crippen LogP contribution is 2.40. The van der Waals surface area contributed by atoms with Crippen molar-refractivity contribution >= 4 is 35.3 Å². The Bertz CT molecular complexity index is 2140. The van der Waals surface area contributed by atoms with Crippen molar-refractivity contribution in [1.29, 1.82) is 0 Å². The first-order valence-electron chi connectivity index (χ1n) is 18.0. The van der Waals surface area contributed by atoms with Crippen molar-refractivity contribution in [3.63, 3.8) is 0 Å². The van der Waals surface area contributed by atoms with Crippen LogP contribution in [-0.2, 0) is 37.2 Å². The number of esters is 2. The Labute approximate surface area is 316 Å². The van der Waals surface area contributed by atoms with Crippen LogP contribution in [0.3, 0.4) is 0 Å². The molecule has 0 spiro atoms. The number of anilines is 1. The number of hydrogen-bond acceptors (Lipinski definition) is 7. The van der Waals surface area contributed by atoms with Crippen LogP contribution in [0, 0.1) is 6.92 Å². The summed E-state index contributed by atoms with van der Waals surface area (Å²) in [6.45, 7) is 3.94. The zero-order valence-corrected chi connectivity index (χ0v) is 30.6. The molecule has 55 heavy (non-hydrogen) atoms. The molecule has 1 N–H and O–H groups in total. The molecule has 0 bridgehead atoms. The molecule has 6 rings (SSSR count). The second-order valence-corrected chi connectivity index (χ2v) is 13.6. The fraction of sp³-hybridized carbons (Fsp3) is 0.310. The highest BCUT2D eigenvalue weighted by Gasteiger charge is 2.55. The van der Waals surface area contributed by atoms with Gasteiger partial charge in [0.05, 0.1) is 29.8 Å². The number of rotatable bonds is 10. The fourth-order valence-corrected chi connectivity index (χ4v) is 7.21. The number of halogens is 3. The van der Waals surface area contributed by atoms with Crippen LogP contribution in [0.1, 0.15) is 79.5 Å². The van der Waals surface area contributed by atoms with Crippen LogP contribution in [-0.4, -0.2) is 72.8 Å². The summed E-state index contributed by atoms with van der Waals surface area (Å²) >= 11 is 0. The molecule has 10 nitrogen and oxygen atoms in total. The number of fused-ring (bicyclic) bond motifs is 1. The summed E-state index contributed by atoms with van der Waals surface area (Å²) < 4.78 is 50.9. The van der Waals surface area contributed by atoms with Crippen molar-refractivity contribution in [2.75, 3.05) is 38.7 Å². The van der Waals surface area contributed by atoms with Gasteiger partial charge in [-0.15, -0.1) is 0 Å². The summed E-state index contributed by atoms with van der Waals surface area (Å²) in [6.07, 6.45) is -2.24. The average Bonchev–Trinajstić information content (AvgIpc) is 3.40. The van der Waals surface area contributed by atoms with Gasteiger partial charge in [0.25, 0.3) is 17.7 Å². The molecule has 0 saturated carbocycles. The SMILES string of the molecule is CCOC(=O)[C@]1(COC(=O)Cc2ccc(NC(=O)c3cccc(C)c3-c3ccc(C(F)(F)F)cc3)c(C(=O)N3CCCCC3)c2)c2ccccc2C(=O)N1C. The van der Waals surface area contributed by atoms with Crippen LogP contribution in [0.5, 0.6) is 0 Å². The second-order valence-electron chi connectivity index (χ2n) is 13.6. The standard InChI is InChI=1S/C42H40F3N3O7/c1-4-54-40(53)41(33-14-7-6-12-30(33)38(51)47(41)3)25-55-35(49)24-27-15-20-34(32(23-27)39(52)48-21-8-5-9-22-48)46-37(50)31-13-10-11-26(2)36(31)28-16-18-29(19-17-28)42(43,44)45/h6-7,10-20,23H,4-5,8-9,21-22,24-25H2,1-3H3,(H,46,50)/t41-/m0/s1. The first kappa shape index (κ1) is 38.7. The molecule has 286 valence electrons. The van der Waals surface area contributed by atoms with Gasteiger partial charge in [-0.2, -0.15) is 13.2 Å². The quantitative estimate of drug-likeness (QED) is 0.170. The molecule has 0 radical (unpaired) electrons. The molecule has 0 unspecified atom stereocenters. The number of benzene rings is 4. The van der Waals surface area contributed by atoms with E-state index in [4.69, 9.17) is 9.47 Å². The summed E-state index contributed by atoms with van der Waals surface area (Å²) in [5.74, 6) is -2.83. The first-order valence-corrected chi connectivity index (χ1v) is 18.0. The summed E-state index contributed by atoms with van der Waals surface area (Å²) in [6, 6.07) is 20.7. The predicted molar refractivity (Wildman–Crippen MR) is 197 cm³/mol.